The number of hydrazone groups is 1. The second kappa shape index (κ2) is 8.70. The topological polar surface area (TPSA) is 54.6 Å². The SMILES string of the molecule is O=C(CCc1ccccc1)NN=Cc1ccc(-c2ccc(Cl)cc2Cl)o1. The van der Waals surface area contributed by atoms with Crippen LogP contribution in [0, 0.1) is 0 Å². The van der Waals surface area contributed by atoms with E-state index in [-0.39, 0.29) is 5.91 Å². The molecule has 0 spiro atoms. The molecule has 3 aromatic rings. The maximum absolute atomic E-state index is 11.8. The van der Waals surface area contributed by atoms with Crippen LogP contribution in [0.15, 0.2) is 70.2 Å². The molecule has 0 aliphatic rings. The van der Waals surface area contributed by atoms with Gasteiger partial charge < -0.3 is 4.42 Å². The molecule has 1 heterocycles. The number of benzene rings is 2. The van der Waals surface area contributed by atoms with Crippen LogP contribution in [-0.2, 0) is 11.2 Å². The number of aryl methyl sites for hydroxylation is 1. The molecule has 132 valence electrons. The largest absolute Gasteiger partial charge is 0.455 e. The lowest BCUT2D eigenvalue weighted by molar-refractivity contribution is -0.121. The standard InChI is InChI=1S/C20H16Cl2N2O2/c21-15-7-9-17(18(22)12-15)19-10-8-16(26-19)13-23-24-20(25)11-6-14-4-2-1-3-5-14/h1-5,7-10,12-13H,6,11H2,(H,24,25). The van der Waals surface area contributed by atoms with Crippen LogP contribution < -0.4 is 5.43 Å². The molecule has 1 amide bonds. The van der Waals surface area contributed by atoms with Gasteiger partial charge in [-0.25, -0.2) is 5.43 Å². The molecule has 26 heavy (non-hydrogen) atoms. The van der Waals surface area contributed by atoms with Crippen molar-refractivity contribution in [3.63, 3.8) is 0 Å². The molecule has 4 nitrogen and oxygen atoms in total. The fraction of sp³-hybridized carbons (Fsp3) is 0.100. The van der Waals surface area contributed by atoms with Gasteiger partial charge in [0.2, 0.25) is 5.91 Å². The Kier molecular flexibility index (Phi) is 6.10. The summed E-state index contributed by atoms with van der Waals surface area (Å²) in [6.07, 6.45) is 2.49. The molecular formula is C20H16Cl2N2O2. The van der Waals surface area contributed by atoms with Crippen LogP contribution in [-0.4, -0.2) is 12.1 Å². The highest BCUT2D eigenvalue weighted by Gasteiger charge is 2.08. The number of carbonyl (C=O) groups is 1. The smallest absolute Gasteiger partial charge is 0.240 e. The lowest BCUT2D eigenvalue weighted by atomic mass is 10.1. The van der Waals surface area contributed by atoms with Gasteiger partial charge in [0, 0.05) is 17.0 Å². The highest BCUT2D eigenvalue weighted by atomic mass is 35.5. The van der Waals surface area contributed by atoms with Gasteiger partial charge in [-0.05, 0) is 42.3 Å². The van der Waals surface area contributed by atoms with Crippen LogP contribution >= 0.6 is 23.2 Å². The summed E-state index contributed by atoms with van der Waals surface area (Å²) in [4.78, 5) is 11.8. The highest BCUT2D eigenvalue weighted by Crippen LogP contribution is 2.31. The number of amides is 1. The lowest BCUT2D eigenvalue weighted by Crippen LogP contribution is -2.17. The molecule has 0 saturated heterocycles. The summed E-state index contributed by atoms with van der Waals surface area (Å²) < 4.78 is 5.67. The number of halogens is 2. The van der Waals surface area contributed by atoms with Gasteiger partial charge in [-0.1, -0.05) is 53.5 Å². The number of hydrogen-bond donors (Lipinski definition) is 1. The number of nitrogens with one attached hydrogen (secondary N) is 1. The van der Waals surface area contributed by atoms with Crippen molar-refractivity contribution in [2.75, 3.05) is 0 Å². The fourth-order valence-corrected chi connectivity index (χ4v) is 2.88. The van der Waals surface area contributed by atoms with Crippen LogP contribution in [0.1, 0.15) is 17.7 Å². The van der Waals surface area contributed by atoms with Crippen molar-refractivity contribution in [3.05, 3.63) is 82.0 Å². The van der Waals surface area contributed by atoms with Crippen molar-refractivity contribution in [1.29, 1.82) is 0 Å². The van der Waals surface area contributed by atoms with Crippen molar-refractivity contribution in [3.8, 4) is 11.3 Å². The number of carbonyl (C=O) groups excluding carboxylic acids is 1. The number of hydrogen-bond acceptors (Lipinski definition) is 3. The highest BCUT2D eigenvalue weighted by molar-refractivity contribution is 6.36. The molecule has 0 aliphatic carbocycles. The first-order chi connectivity index (χ1) is 12.6. The summed E-state index contributed by atoms with van der Waals surface area (Å²) in [5.74, 6) is 0.954. The first kappa shape index (κ1) is 18.2. The summed E-state index contributed by atoms with van der Waals surface area (Å²) in [5, 5.41) is 4.99. The van der Waals surface area contributed by atoms with Crippen LogP contribution in [0.25, 0.3) is 11.3 Å². The average Bonchev–Trinajstić information content (AvgIpc) is 3.09. The van der Waals surface area contributed by atoms with E-state index in [0.717, 1.165) is 11.1 Å². The van der Waals surface area contributed by atoms with Gasteiger partial charge in [0.05, 0.1) is 11.2 Å². The maximum atomic E-state index is 11.8. The van der Waals surface area contributed by atoms with Crippen molar-refractivity contribution >= 4 is 35.3 Å². The van der Waals surface area contributed by atoms with Crippen molar-refractivity contribution in [2.45, 2.75) is 12.8 Å². The molecule has 0 unspecified atom stereocenters. The van der Waals surface area contributed by atoms with Crippen LogP contribution in [0.4, 0.5) is 0 Å². The summed E-state index contributed by atoms with van der Waals surface area (Å²) in [6, 6.07) is 18.5. The monoisotopic (exact) mass is 386 g/mol. The molecule has 1 aromatic heterocycles. The summed E-state index contributed by atoms with van der Waals surface area (Å²) in [7, 11) is 0. The third-order valence-electron chi connectivity index (χ3n) is 3.69. The second-order valence-corrected chi connectivity index (χ2v) is 6.45. The number of rotatable bonds is 6. The third kappa shape index (κ3) is 4.97. The Labute approximate surface area is 161 Å². The van der Waals surface area contributed by atoms with E-state index in [0.29, 0.717) is 34.4 Å². The van der Waals surface area contributed by atoms with Crippen LogP contribution in [0.3, 0.4) is 0 Å². The molecule has 0 fully saturated rings. The molecule has 3 rings (SSSR count). The minimum Gasteiger partial charge on any atom is -0.455 e. The minimum absolute atomic E-state index is 0.155. The van der Waals surface area contributed by atoms with E-state index in [4.69, 9.17) is 27.6 Å². The van der Waals surface area contributed by atoms with E-state index in [1.807, 2.05) is 30.3 Å². The molecular weight excluding hydrogens is 371 g/mol. The van der Waals surface area contributed by atoms with Crippen LogP contribution in [0.2, 0.25) is 10.0 Å². The third-order valence-corrected chi connectivity index (χ3v) is 4.24. The Bertz CT molecular complexity index is 921. The first-order valence-electron chi connectivity index (χ1n) is 8.03. The zero-order valence-corrected chi connectivity index (χ0v) is 15.3. The maximum Gasteiger partial charge on any atom is 0.240 e. The van der Waals surface area contributed by atoms with Gasteiger partial charge in [0.15, 0.2) is 0 Å². The Morgan fingerprint density at radius 1 is 1.08 bits per heavy atom. The molecule has 0 bridgehead atoms. The van der Waals surface area contributed by atoms with Crippen molar-refractivity contribution in [2.24, 2.45) is 5.10 Å². The molecule has 0 saturated carbocycles. The van der Waals surface area contributed by atoms with Gasteiger partial charge in [0.25, 0.3) is 0 Å². The van der Waals surface area contributed by atoms with E-state index in [2.05, 4.69) is 10.5 Å². The van der Waals surface area contributed by atoms with Crippen molar-refractivity contribution < 1.29 is 9.21 Å². The summed E-state index contributed by atoms with van der Waals surface area (Å²) in [6.45, 7) is 0. The van der Waals surface area contributed by atoms with Gasteiger partial charge >= 0.3 is 0 Å². The summed E-state index contributed by atoms with van der Waals surface area (Å²) in [5.41, 5.74) is 4.35. The van der Waals surface area contributed by atoms with E-state index in [1.54, 1.807) is 30.3 Å². The van der Waals surface area contributed by atoms with Gasteiger partial charge in [-0.3, -0.25) is 4.79 Å². The van der Waals surface area contributed by atoms with E-state index >= 15 is 0 Å². The zero-order valence-electron chi connectivity index (χ0n) is 13.8. The second-order valence-electron chi connectivity index (χ2n) is 5.60. The Morgan fingerprint density at radius 3 is 2.65 bits per heavy atom. The predicted molar refractivity (Wildman–Crippen MR) is 105 cm³/mol. The van der Waals surface area contributed by atoms with Gasteiger partial charge in [0.1, 0.15) is 11.5 Å². The average molecular weight is 387 g/mol. The number of nitrogens with zero attached hydrogens (tertiary/aromatic N) is 1. The van der Waals surface area contributed by atoms with Crippen molar-refractivity contribution in [1.82, 2.24) is 5.43 Å². The molecule has 0 aliphatic heterocycles. The lowest BCUT2D eigenvalue weighted by Gasteiger charge is -2.01. The van der Waals surface area contributed by atoms with E-state index < -0.39 is 0 Å². The Balaban J connectivity index is 1.54. The summed E-state index contributed by atoms with van der Waals surface area (Å²) >= 11 is 12.1. The minimum atomic E-state index is -0.155. The predicted octanol–water partition coefficient (Wildman–Crippen LogP) is 5.34. The number of furan rings is 1. The molecule has 2 aromatic carbocycles. The van der Waals surface area contributed by atoms with Crippen LogP contribution in [0.5, 0.6) is 0 Å². The van der Waals surface area contributed by atoms with Gasteiger partial charge in [-0.2, -0.15) is 5.10 Å². The Hall–Kier alpha value is -2.56. The molecule has 6 heteroatoms. The van der Waals surface area contributed by atoms with E-state index in [9.17, 15) is 4.79 Å². The normalized spacial score (nSPS) is 11.0. The zero-order chi connectivity index (χ0) is 18.4. The molecule has 1 N–H and O–H groups in total. The van der Waals surface area contributed by atoms with Gasteiger partial charge in [-0.15, -0.1) is 0 Å². The Morgan fingerprint density at radius 2 is 1.88 bits per heavy atom. The fourth-order valence-electron chi connectivity index (χ4n) is 2.38. The first-order valence-corrected chi connectivity index (χ1v) is 8.78. The molecule has 0 atom stereocenters. The quantitative estimate of drug-likeness (QED) is 0.459. The van der Waals surface area contributed by atoms with E-state index in [1.165, 1.54) is 6.21 Å². The molecule has 0 radical (unpaired) electrons.